The van der Waals surface area contributed by atoms with Crippen molar-refractivity contribution in [2.24, 2.45) is 0 Å². The zero-order chi connectivity index (χ0) is 20.4. The summed E-state index contributed by atoms with van der Waals surface area (Å²) < 4.78 is 55.4. The van der Waals surface area contributed by atoms with Crippen LogP contribution < -0.4 is 9.62 Å². The zero-order valence-corrected chi connectivity index (χ0v) is 16.2. The van der Waals surface area contributed by atoms with Gasteiger partial charge in [-0.3, -0.25) is 9.40 Å². The van der Waals surface area contributed by atoms with Gasteiger partial charge in [0.05, 0.1) is 11.7 Å². The number of nitrogens with zero attached hydrogens (tertiary/aromatic N) is 4. The van der Waals surface area contributed by atoms with Crippen LogP contribution in [0.5, 0.6) is 0 Å². The molecule has 29 heavy (non-hydrogen) atoms. The van der Waals surface area contributed by atoms with Crippen molar-refractivity contribution < 1.29 is 17.2 Å². The minimum absolute atomic E-state index is 0.0580. The van der Waals surface area contributed by atoms with E-state index in [1.165, 1.54) is 12.3 Å². The van der Waals surface area contributed by atoms with E-state index in [9.17, 15) is 17.2 Å². The van der Waals surface area contributed by atoms with Gasteiger partial charge >= 0.3 is 0 Å². The number of aromatic nitrogens is 3. The molecule has 0 unspecified atom stereocenters. The lowest BCUT2D eigenvalue weighted by molar-refractivity contribution is 0.366. The van der Waals surface area contributed by atoms with Crippen LogP contribution in [0.1, 0.15) is 18.9 Å². The quantitative estimate of drug-likeness (QED) is 0.687. The van der Waals surface area contributed by atoms with Crippen LogP contribution in [0.15, 0.2) is 59.9 Å². The van der Waals surface area contributed by atoms with E-state index in [1.54, 1.807) is 12.3 Å². The lowest BCUT2D eigenvalue weighted by Gasteiger charge is -2.32. The maximum atomic E-state index is 13.3. The van der Waals surface area contributed by atoms with E-state index in [0.29, 0.717) is 11.9 Å². The van der Waals surface area contributed by atoms with Crippen LogP contribution in [-0.2, 0) is 10.0 Å². The SMILES string of the molecule is O=S(=O)(Nc1ccc(F)c(F)c1)c1ccc(N2CCC(n3cccn3)CC2)nc1. The number of benzene rings is 1. The van der Waals surface area contributed by atoms with Crippen LogP contribution >= 0.6 is 0 Å². The van der Waals surface area contributed by atoms with E-state index in [-0.39, 0.29) is 10.6 Å². The van der Waals surface area contributed by atoms with Crippen LogP contribution in [0.25, 0.3) is 0 Å². The van der Waals surface area contributed by atoms with Crippen molar-refractivity contribution in [2.75, 3.05) is 22.7 Å². The summed E-state index contributed by atoms with van der Waals surface area (Å²) >= 11 is 0. The number of halogens is 2. The molecule has 3 heterocycles. The fourth-order valence-corrected chi connectivity index (χ4v) is 4.34. The Morgan fingerprint density at radius 1 is 1.07 bits per heavy atom. The van der Waals surface area contributed by atoms with E-state index in [4.69, 9.17) is 0 Å². The van der Waals surface area contributed by atoms with Crippen molar-refractivity contribution in [3.63, 3.8) is 0 Å². The Labute approximate surface area is 167 Å². The van der Waals surface area contributed by atoms with Crippen molar-refractivity contribution >= 4 is 21.5 Å². The van der Waals surface area contributed by atoms with Gasteiger partial charge in [0.25, 0.3) is 10.0 Å². The number of pyridine rings is 1. The molecule has 1 fully saturated rings. The Morgan fingerprint density at radius 3 is 2.48 bits per heavy atom. The number of piperidine rings is 1. The number of nitrogens with one attached hydrogen (secondary N) is 1. The molecule has 3 aromatic rings. The van der Waals surface area contributed by atoms with Crippen LogP contribution in [-0.4, -0.2) is 36.3 Å². The molecule has 152 valence electrons. The van der Waals surface area contributed by atoms with Crippen molar-refractivity contribution in [3.05, 3.63) is 66.6 Å². The topological polar surface area (TPSA) is 80.1 Å². The smallest absolute Gasteiger partial charge is 0.263 e. The first-order chi connectivity index (χ1) is 13.9. The Hall–Kier alpha value is -3.01. The first-order valence-corrected chi connectivity index (χ1v) is 10.6. The number of hydrogen-bond donors (Lipinski definition) is 1. The standard InChI is InChI=1S/C19H19F2N5O2S/c20-17-4-2-14(12-18(17)21)24-29(27,28)16-3-5-19(22-13-16)25-10-6-15(7-11-25)26-9-1-8-23-26/h1-5,8-9,12-13,15,24H,6-7,10-11H2. The van der Waals surface area contributed by atoms with E-state index in [2.05, 4.69) is 19.7 Å². The molecule has 0 aliphatic carbocycles. The molecule has 0 atom stereocenters. The number of rotatable bonds is 5. The monoisotopic (exact) mass is 419 g/mol. The molecule has 4 rings (SSSR count). The van der Waals surface area contributed by atoms with E-state index in [1.807, 2.05) is 16.9 Å². The number of hydrogen-bond acceptors (Lipinski definition) is 5. The second kappa shape index (κ2) is 7.78. The van der Waals surface area contributed by atoms with Crippen LogP contribution in [0.3, 0.4) is 0 Å². The van der Waals surface area contributed by atoms with Gasteiger partial charge < -0.3 is 4.90 Å². The first-order valence-electron chi connectivity index (χ1n) is 9.10. The number of sulfonamides is 1. The summed E-state index contributed by atoms with van der Waals surface area (Å²) in [6.45, 7) is 1.58. The van der Waals surface area contributed by atoms with Crippen LogP contribution in [0.4, 0.5) is 20.3 Å². The molecule has 1 aromatic carbocycles. The van der Waals surface area contributed by atoms with Gasteiger partial charge in [-0.2, -0.15) is 5.10 Å². The van der Waals surface area contributed by atoms with Crippen LogP contribution in [0.2, 0.25) is 0 Å². The molecular weight excluding hydrogens is 400 g/mol. The van der Waals surface area contributed by atoms with Gasteiger partial charge in [0.2, 0.25) is 0 Å². The van der Waals surface area contributed by atoms with Crippen molar-refractivity contribution in [3.8, 4) is 0 Å². The van der Waals surface area contributed by atoms with Gasteiger partial charge in [-0.05, 0) is 43.2 Å². The van der Waals surface area contributed by atoms with Crippen molar-refractivity contribution in [2.45, 2.75) is 23.8 Å². The Morgan fingerprint density at radius 2 is 1.86 bits per heavy atom. The summed E-state index contributed by atoms with van der Waals surface area (Å²) in [5.41, 5.74) is -0.0614. The molecule has 1 aliphatic rings. The first kappa shape index (κ1) is 19.3. The summed E-state index contributed by atoms with van der Waals surface area (Å²) in [7, 11) is -3.96. The Kier molecular flexibility index (Phi) is 5.18. The predicted octanol–water partition coefficient (Wildman–Crippen LogP) is 3.20. The average molecular weight is 419 g/mol. The van der Waals surface area contributed by atoms with Gasteiger partial charge in [0.1, 0.15) is 10.7 Å². The summed E-state index contributed by atoms with van der Waals surface area (Å²) in [6.07, 6.45) is 6.82. The molecule has 0 bridgehead atoms. The molecule has 10 heteroatoms. The molecule has 0 amide bonds. The number of anilines is 2. The predicted molar refractivity (Wildman–Crippen MR) is 104 cm³/mol. The maximum absolute atomic E-state index is 13.3. The molecule has 1 N–H and O–H groups in total. The lowest BCUT2D eigenvalue weighted by atomic mass is 10.1. The zero-order valence-electron chi connectivity index (χ0n) is 15.4. The third kappa shape index (κ3) is 4.21. The van der Waals surface area contributed by atoms with Gasteiger partial charge in [-0.25, -0.2) is 22.2 Å². The molecule has 1 aliphatic heterocycles. The summed E-state index contributed by atoms with van der Waals surface area (Å²) in [4.78, 5) is 6.32. The van der Waals surface area contributed by atoms with Gasteiger partial charge in [0, 0.05) is 37.7 Å². The molecule has 1 saturated heterocycles. The van der Waals surface area contributed by atoms with E-state index >= 15 is 0 Å². The third-order valence-corrected chi connectivity index (χ3v) is 6.26. The van der Waals surface area contributed by atoms with E-state index in [0.717, 1.165) is 44.1 Å². The highest BCUT2D eigenvalue weighted by Crippen LogP contribution is 2.26. The second-order valence-electron chi connectivity index (χ2n) is 6.79. The summed E-state index contributed by atoms with van der Waals surface area (Å²) in [6, 6.07) is 8.15. The minimum Gasteiger partial charge on any atom is -0.356 e. The molecule has 0 saturated carbocycles. The van der Waals surface area contributed by atoms with Gasteiger partial charge in [0.15, 0.2) is 11.6 Å². The van der Waals surface area contributed by atoms with Crippen molar-refractivity contribution in [1.82, 2.24) is 14.8 Å². The fraction of sp³-hybridized carbons (Fsp3) is 0.263. The van der Waals surface area contributed by atoms with Gasteiger partial charge in [-0.1, -0.05) is 0 Å². The fourth-order valence-electron chi connectivity index (χ4n) is 3.35. The Bertz CT molecular complexity index is 1080. The molecular formula is C19H19F2N5O2S. The molecule has 2 aromatic heterocycles. The molecule has 0 radical (unpaired) electrons. The lowest BCUT2D eigenvalue weighted by Crippen LogP contribution is -2.35. The maximum Gasteiger partial charge on any atom is 0.263 e. The molecule has 7 nitrogen and oxygen atoms in total. The normalized spacial score (nSPS) is 15.4. The Balaban J connectivity index is 1.42. The summed E-state index contributed by atoms with van der Waals surface area (Å²) in [5.74, 6) is -1.48. The van der Waals surface area contributed by atoms with Gasteiger partial charge in [-0.15, -0.1) is 0 Å². The van der Waals surface area contributed by atoms with Crippen molar-refractivity contribution in [1.29, 1.82) is 0 Å². The van der Waals surface area contributed by atoms with E-state index < -0.39 is 21.7 Å². The molecule has 0 spiro atoms. The van der Waals surface area contributed by atoms with Crippen LogP contribution in [0, 0.1) is 11.6 Å². The largest absolute Gasteiger partial charge is 0.356 e. The minimum atomic E-state index is -3.96. The highest BCUT2D eigenvalue weighted by atomic mass is 32.2. The summed E-state index contributed by atoms with van der Waals surface area (Å²) in [5, 5.41) is 4.29. The average Bonchev–Trinajstić information content (AvgIpc) is 3.26. The highest BCUT2D eigenvalue weighted by molar-refractivity contribution is 7.92. The third-order valence-electron chi connectivity index (χ3n) is 4.89. The second-order valence-corrected chi connectivity index (χ2v) is 8.47. The highest BCUT2D eigenvalue weighted by Gasteiger charge is 2.22.